The first-order valence-corrected chi connectivity index (χ1v) is 19.5. The van der Waals surface area contributed by atoms with E-state index < -0.39 is 18.2 Å². The van der Waals surface area contributed by atoms with Crippen molar-refractivity contribution in [1.29, 1.82) is 0 Å². The summed E-state index contributed by atoms with van der Waals surface area (Å²) < 4.78 is 0. The van der Waals surface area contributed by atoms with Gasteiger partial charge >= 0.3 is 0 Å². The van der Waals surface area contributed by atoms with Gasteiger partial charge in [-0.3, -0.25) is 4.79 Å². The summed E-state index contributed by atoms with van der Waals surface area (Å²) >= 11 is 0. The number of aliphatic hydroxyl groups is 3. The highest BCUT2D eigenvalue weighted by atomic mass is 16.3. The molecule has 0 spiro atoms. The zero-order chi connectivity index (χ0) is 32.4. The molecule has 0 aromatic carbocycles. The number of carbonyl (C=O) groups is 1. The lowest BCUT2D eigenvalue weighted by molar-refractivity contribution is -0.125. The molecule has 0 aliphatic carbocycles. The van der Waals surface area contributed by atoms with Gasteiger partial charge in [0.15, 0.2) is 0 Å². The number of rotatable bonds is 35. The molecule has 3 atom stereocenters. The quantitative estimate of drug-likeness (QED) is 0.0418. The van der Waals surface area contributed by atoms with Crippen molar-refractivity contribution in [2.75, 3.05) is 6.61 Å². The lowest BCUT2D eigenvalue weighted by Crippen LogP contribution is -2.46. The SMILES string of the molecule is CCCCCCCCCC/C=C\CCCCCCCC(O)CC(=O)NC(CO)C(O)CCCCCCCCCCCCCC. The highest BCUT2D eigenvalue weighted by Gasteiger charge is 2.21. The first-order valence-electron chi connectivity index (χ1n) is 19.5. The maximum Gasteiger partial charge on any atom is 0.222 e. The fourth-order valence-corrected chi connectivity index (χ4v) is 6.05. The number of aliphatic hydroxyl groups excluding tert-OH is 3. The van der Waals surface area contributed by atoms with E-state index in [9.17, 15) is 20.1 Å². The van der Waals surface area contributed by atoms with E-state index >= 15 is 0 Å². The summed E-state index contributed by atoms with van der Waals surface area (Å²) in [6.07, 6.45) is 38.8. The van der Waals surface area contributed by atoms with Crippen molar-refractivity contribution < 1.29 is 20.1 Å². The zero-order valence-electron chi connectivity index (χ0n) is 29.6. The Hall–Kier alpha value is -0.910. The van der Waals surface area contributed by atoms with Gasteiger partial charge in [0.25, 0.3) is 0 Å². The van der Waals surface area contributed by atoms with Crippen molar-refractivity contribution in [3.8, 4) is 0 Å². The van der Waals surface area contributed by atoms with Crippen LogP contribution in [0.15, 0.2) is 12.2 Å². The average molecular weight is 624 g/mol. The molecule has 0 rings (SSSR count). The monoisotopic (exact) mass is 624 g/mol. The van der Waals surface area contributed by atoms with E-state index in [1.165, 1.54) is 141 Å². The largest absolute Gasteiger partial charge is 0.394 e. The van der Waals surface area contributed by atoms with Crippen molar-refractivity contribution in [3.05, 3.63) is 12.2 Å². The van der Waals surface area contributed by atoms with E-state index in [1.54, 1.807) is 0 Å². The third-order valence-electron chi connectivity index (χ3n) is 9.08. The average Bonchev–Trinajstić information content (AvgIpc) is 3.01. The Labute approximate surface area is 274 Å². The molecule has 0 aliphatic rings. The minimum atomic E-state index is -0.746. The molecule has 3 unspecified atom stereocenters. The van der Waals surface area contributed by atoms with E-state index in [0.29, 0.717) is 12.8 Å². The molecule has 0 bridgehead atoms. The molecule has 0 aromatic rings. The smallest absolute Gasteiger partial charge is 0.222 e. The van der Waals surface area contributed by atoms with Gasteiger partial charge in [0.05, 0.1) is 31.3 Å². The van der Waals surface area contributed by atoms with Gasteiger partial charge in [-0.2, -0.15) is 0 Å². The van der Waals surface area contributed by atoms with Crippen LogP contribution < -0.4 is 5.32 Å². The molecule has 1 amide bonds. The van der Waals surface area contributed by atoms with E-state index in [2.05, 4.69) is 31.3 Å². The van der Waals surface area contributed by atoms with E-state index in [4.69, 9.17) is 0 Å². The molecular weight excluding hydrogens is 546 g/mol. The molecule has 262 valence electrons. The molecular formula is C39H77NO4. The Morgan fingerprint density at radius 2 is 0.909 bits per heavy atom. The van der Waals surface area contributed by atoms with Crippen LogP contribution in [0.4, 0.5) is 0 Å². The summed E-state index contributed by atoms with van der Waals surface area (Å²) in [7, 11) is 0. The van der Waals surface area contributed by atoms with Gasteiger partial charge < -0.3 is 20.6 Å². The van der Waals surface area contributed by atoms with E-state index in [0.717, 1.165) is 32.1 Å². The minimum absolute atomic E-state index is 0.0332. The number of allylic oxidation sites excluding steroid dienone is 2. The molecule has 0 radical (unpaired) electrons. The lowest BCUT2D eigenvalue weighted by Gasteiger charge is -2.23. The Morgan fingerprint density at radius 1 is 0.545 bits per heavy atom. The minimum Gasteiger partial charge on any atom is -0.394 e. The molecule has 4 N–H and O–H groups in total. The zero-order valence-corrected chi connectivity index (χ0v) is 29.6. The van der Waals surface area contributed by atoms with E-state index in [1.807, 2.05) is 0 Å². The Balaban J connectivity index is 3.66. The van der Waals surface area contributed by atoms with Crippen LogP contribution in [0.5, 0.6) is 0 Å². The molecule has 0 fully saturated rings. The number of carbonyl (C=O) groups excluding carboxylic acids is 1. The predicted octanol–water partition coefficient (Wildman–Crippen LogP) is 10.5. The molecule has 5 nitrogen and oxygen atoms in total. The number of hydrogen-bond donors (Lipinski definition) is 4. The van der Waals surface area contributed by atoms with Crippen molar-refractivity contribution in [2.45, 2.75) is 225 Å². The second kappa shape index (κ2) is 35.0. The molecule has 5 heteroatoms. The van der Waals surface area contributed by atoms with Gasteiger partial charge in [-0.25, -0.2) is 0 Å². The summed E-state index contributed by atoms with van der Waals surface area (Å²) in [5, 5.41) is 33.2. The van der Waals surface area contributed by atoms with Crippen LogP contribution in [-0.2, 0) is 4.79 Å². The summed E-state index contributed by atoms with van der Waals surface area (Å²) in [5.74, 6) is -0.288. The Bertz CT molecular complexity index is 611. The highest BCUT2D eigenvalue weighted by molar-refractivity contribution is 5.76. The third kappa shape index (κ3) is 31.1. The molecule has 0 saturated carbocycles. The van der Waals surface area contributed by atoms with Crippen LogP contribution >= 0.6 is 0 Å². The summed E-state index contributed by atoms with van der Waals surface area (Å²) in [6.45, 7) is 4.25. The second-order valence-electron chi connectivity index (χ2n) is 13.5. The third-order valence-corrected chi connectivity index (χ3v) is 9.08. The number of amides is 1. The van der Waals surface area contributed by atoms with Crippen LogP contribution in [0.1, 0.15) is 206 Å². The van der Waals surface area contributed by atoms with Crippen molar-refractivity contribution in [2.24, 2.45) is 0 Å². The molecule has 0 heterocycles. The van der Waals surface area contributed by atoms with E-state index in [-0.39, 0.29) is 18.9 Å². The van der Waals surface area contributed by atoms with Crippen LogP contribution in [0.25, 0.3) is 0 Å². The first-order chi connectivity index (χ1) is 21.5. The van der Waals surface area contributed by atoms with Crippen LogP contribution in [0.3, 0.4) is 0 Å². The van der Waals surface area contributed by atoms with Crippen molar-refractivity contribution in [1.82, 2.24) is 5.32 Å². The Kier molecular flexibility index (Phi) is 34.2. The van der Waals surface area contributed by atoms with Gasteiger partial charge in [-0.1, -0.05) is 174 Å². The normalized spacial score (nSPS) is 13.8. The van der Waals surface area contributed by atoms with Gasteiger partial charge in [-0.05, 0) is 38.5 Å². The van der Waals surface area contributed by atoms with Gasteiger partial charge in [0, 0.05) is 0 Å². The van der Waals surface area contributed by atoms with Crippen molar-refractivity contribution in [3.63, 3.8) is 0 Å². The van der Waals surface area contributed by atoms with Gasteiger partial charge in [0.2, 0.25) is 5.91 Å². The molecule has 0 saturated heterocycles. The number of nitrogens with one attached hydrogen (secondary N) is 1. The summed E-state index contributed by atoms with van der Waals surface area (Å²) in [5.41, 5.74) is 0. The number of hydrogen-bond acceptors (Lipinski definition) is 4. The molecule has 0 aromatic heterocycles. The van der Waals surface area contributed by atoms with Crippen LogP contribution in [0.2, 0.25) is 0 Å². The van der Waals surface area contributed by atoms with Crippen LogP contribution in [-0.4, -0.2) is 46.1 Å². The predicted molar refractivity (Wildman–Crippen MR) is 190 cm³/mol. The van der Waals surface area contributed by atoms with Gasteiger partial charge in [0.1, 0.15) is 0 Å². The highest BCUT2D eigenvalue weighted by Crippen LogP contribution is 2.15. The standard InChI is InChI=1S/C39H77NO4/c1-3-5-7-9-11-13-15-17-18-19-20-21-22-24-26-28-30-32-36(42)34-39(44)40-37(35-41)38(43)33-31-29-27-25-23-16-14-12-10-8-6-4-2/h19-20,36-38,41-43H,3-18,21-35H2,1-2H3,(H,40,44)/b20-19-. The summed E-state index contributed by atoms with van der Waals surface area (Å²) in [4.78, 5) is 12.4. The lowest BCUT2D eigenvalue weighted by atomic mass is 10.0. The molecule has 44 heavy (non-hydrogen) atoms. The number of unbranched alkanes of at least 4 members (excludes halogenated alkanes) is 24. The molecule has 0 aliphatic heterocycles. The van der Waals surface area contributed by atoms with Gasteiger partial charge in [-0.15, -0.1) is 0 Å². The summed E-state index contributed by atoms with van der Waals surface area (Å²) in [6, 6.07) is -0.656. The fraction of sp³-hybridized carbons (Fsp3) is 0.923. The fourth-order valence-electron chi connectivity index (χ4n) is 6.05. The topological polar surface area (TPSA) is 89.8 Å². The maximum absolute atomic E-state index is 12.4. The van der Waals surface area contributed by atoms with Crippen LogP contribution in [0, 0.1) is 0 Å². The van der Waals surface area contributed by atoms with Crippen molar-refractivity contribution >= 4 is 5.91 Å². The first kappa shape index (κ1) is 43.1. The second-order valence-corrected chi connectivity index (χ2v) is 13.5. The Morgan fingerprint density at radius 3 is 1.32 bits per heavy atom. The maximum atomic E-state index is 12.4.